The van der Waals surface area contributed by atoms with Crippen molar-refractivity contribution in [1.82, 2.24) is 15.0 Å². The van der Waals surface area contributed by atoms with E-state index in [9.17, 15) is 13.2 Å². The van der Waals surface area contributed by atoms with Crippen LogP contribution in [0.3, 0.4) is 0 Å². The van der Waals surface area contributed by atoms with Gasteiger partial charge >= 0.3 is 6.18 Å². The highest BCUT2D eigenvalue weighted by molar-refractivity contribution is 5.69. The summed E-state index contributed by atoms with van der Waals surface area (Å²) >= 11 is 0. The van der Waals surface area contributed by atoms with E-state index in [1.54, 1.807) is 30.6 Å². The summed E-state index contributed by atoms with van der Waals surface area (Å²) in [5.74, 6) is 0.678. The van der Waals surface area contributed by atoms with Gasteiger partial charge in [0.2, 0.25) is 0 Å². The van der Waals surface area contributed by atoms with Crippen molar-refractivity contribution in [1.29, 1.82) is 0 Å². The van der Waals surface area contributed by atoms with Crippen molar-refractivity contribution in [2.45, 2.75) is 6.18 Å². The third-order valence-corrected chi connectivity index (χ3v) is 3.38. The van der Waals surface area contributed by atoms with Crippen molar-refractivity contribution < 1.29 is 17.9 Å². The maximum Gasteiger partial charge on any atom is 0.416 e. The van der Waals surface area contributed by atoms with Gasteiger partial charge in [-0.05, 0) is 24.3 Å². The van der Waals surface area contributed by atoms with Gasteiger partial charge in [-0.1, -0.05) is 12.1 Å². The Morgan fingerprint density at radius 3 is 2.42 bits per heavy atom. The first-order valence-corrected chi connectivity index (χ1v) is 6.98. The molecule has 7 heteroatoms. The van der Waals surface area contributed by atoms with Crippen LogP contribution < -0.4 is 4.74 Å². The summed E-state index contributed by atoms with van der Waals surface area (Å²) in [6, 6.07) is 8.39. The molecule has 0 spiro atoms. The molecule has 0 aliphatic rings. The van der Waals surface area contributed by atoms with E-state index in [0.29, 0.717) is 28.4 Å². The molecule has 0 amide bonds. The molecular formula is C17H12F3N3O. The van der Waals surface area contributed by atoms with Crippen LogP contribution in [0, 0.1) is 0 Å². The lowest BCUT2D eigenvalue weighted by Crippen LogP contribution is -2.05. The molecule has 0 N–H and O–H groups in total. The number of halogens is 3. The highest BCUT2D eigenvalue weighted by Gasteiger charge is 2.30. The fraction of sp³-hybridized carbons (Fsp3) is 0.118. The number of pyridine rings is 1. The molecule has 3 aromatic rings. The van der Waals surface area contributed by atoms with Crippen LogP contribution >= 0.6 is 0 Å². The lowest BCUT2D eigenvalue weighted by molar-refractivity contribution is -0.137. The monoisotopic (exact) mass is 331 g/mol. The van der Waals surface area contributed by atoms with Gasteiger partial charge in [-0.2, -0.15) is 13.2 Å². The molecule has 0 aliphatic carbocycles. The molecule has 4 nitrogen and oxygen atoms in total. The van der Waals surface area contributed by atoms with Gasteiger partial charge in [0.25, 0.3) is 0 Å². The molecule has 3 rings (SSSR count). The quantitative estimate of drug-likeness (QED) is 0.720. The van der Waals surface area contributed by atoms with Crippen molar-refractivity contribution >= 4 is 0 Å². The minimum Gasteiger partial charge on any atom is -0.493 e. The minimum absolute atomic E-state index is 0.297. The summed E-state index contributed by atoms with van der Waals surface area (Å²) in [5, 5.41) is 0. The lowest BCUT2D eigenvalue weighted by Gasteiger charge is -2.12. The summed E-state index contributed by atoms with van der Waals surface area (Å²) in [6.45, 7) is 0. The van der Waals surface area contributed by atoms with Crippen LogP contribution in [-0.2, 0) is 6.18 Å². The molecule has 0 radical (unpaired) electrons. The number of benzene rings is 1. The first-order chi connectivity index (χ1) is 11.5. The van der Waals surface area contributed by atoms with Crippen LogP contribution in [0.1, 0.15) is 5.56 Å². The lowest BCUT2D eigenvalue weighted by atomic mass is 10.1. The van der Waals surface area contributed by atoms with E-state index in [2.05, 4.69) is 15.0 Å². The maximum absolute atomic E-state index is 12.9. The highest BCUT2D eigenvalue weighted by Crippen LogP contribution is 2.34. The van der Waals surface area contributed by atoms with E-state index in [1.807, 2.05) is 0 Å². The second-order valence-electron chi connectivity index (χ2n) is 4.93. The predicted octanol–water partition coefficient (Wildman–Crippen LogP) is 4.23. The zero-order valence-electron chi connectivity index (χ0n) is 12.6. The molecule has 122 valence electrons. The van der Waals surface area contributed by atoms with E-state index in [1.165, 1.54) is 19.4 Å². The van der Waals surface area contributed by atoms with Crippen molar-refractivity contribution in [2.75, 3.05) is 7.11 Å². The van der Waals surface area contributed by atoms with Crippen molar-refractivity contribution in [2.24, 2.45) is 0 Å². The zero-order valence-corrected chi connectivity index (χ0v) is 12.6. The molecular weight excluding hydrogens is 319 g/mol. The van der Waals surface area contributed by atoms with Crippen LogP contribution in [0.4, 0.5) is 13.2 Å². The topological polar surface area (TPSA) is 47.9 Å². The van der Waals surface area contributed by atoms with E-state index in [-0.39, 0.29) is 0 Å². The first kappa shape index (κ1) is 15.9. The molecule has 0 saturated heterocycles. The van der Waals surface area contributed by atoms with Crippen LogP contribution in [0.5, 0.6) is 5.75 Å². The predicted molar refractivity (Wildman–Crippen MR) is 82.3 cm³/mol. The van der Waals surface area contributed by atoms with Crippen LogP contribution in [0.15, 0.2) is 55.0 Å². The molecule has 0 fully saturated rings. The van der Waals surface area contributed by atoms with Crippen molar-refractivity contribution in [3.05, 3.63) is 60.6 Å². The van der Waals surface area contributed by atoms with Gasteiger partial charge < -0.3 is 4.74 Å². The number of hydrogen-bond donors (Lipinski definition) is 0. The number of ether oxygens (including phenoxy) is 1. The fourth-order valence-corrected chi connectivity index (χ4v) is 2.21. The third kappa shape index (κ3) is 3.19. The summed E-state index contributed by atoms with van der Waals surface area (Å²) in [7, 11) is 1.42. The summed E-state index contributed by atoms with van der Waals surface area (Å²) < 4.78 is 44.0. The van der Waals surface area contributed by atoms with Crippen LogP contribution in [0.25, 0.3) is 22.6 Å². The Labute approximate surface area is 136 Å². The Bertz CT molecular complexity index is 851. The molecule has 24 heavy (non-hydrogen) atoms. The van der Waals surface area contributed by atoms with Gasteiger partial charge in [0.15, 0.2) is 11.6 Å². The molecule has 0 atom stereocenters. The minimum atomic E-state index is -4.43. The standard InChI is InChI=1S/C17H12F3N3O/c1-24-14-10-22-16(11-5-7-21-8-6-11)23-15(14)12-3-2-4-13(9-12)17(18,19)20/h2-10H,1H3. The molecule has 0 bridgehead atoms. The highest BCUT2D eigenvalue weighted by atomic mass is 19.4. The van der Waals surface area contributed by atoms with E-state index < -0.39 is 11.7 Å². The summed E-state index contributed by atoms with van der Waals surface area (Å²) in [6.07, 6.45) is 0.197. The Hall–Kier alpha value is -2.96. The summed E-state index contributed by atoms with van der Waals surface area (Å²) in [4.78, 5) is 12.5. The van der Waals surface area contributed by atoms with Gasteiger partial charge in [-0.25, -0.2) is 9.97 Å². The van der Waals surface area contributed by atoms with E-state index >= 15 is 0 Å². The van der Waals surface area contributed by atoms with Crippen LogP contribution in [0.2, 0.25) is 0 Å². The maximum atomic E-state index is 12.9. The third-order valence-electron chi connectivity index (χ3n) is 3.38. The number of hydrogen-bond acceptors (Lipinski definition) is 4. The van der Waals surface area contributed by atoms with Crippen molar-refractivity contribution in [3.63, 3.8) is 0 Å². The summed E-state index contributed by atoms with van der Waals surface area (Å²) in [5.41, 5.74) is 0.566. The van der Waals surface area contributed by atoms with Gasteiger partial charge in [-0.15, -0.1) is 0 Å². The Kier molecular flexibility index (Phi) is 4.16. The van der Waals surface area contributed by atoms with E-state index in [0.717, 1.165) is 12.1 Å². The first-order valence-electron chi connectivity index (χ1n) is 6.98. The normalized spacial score (nSPS) is 11.3. The molecule has 2 aromatic heterocycles. The molecule has 1 aromatic carbocycles. The SMILES string of the molecule is COc1cnc(-c2ccncc2)nc1-c1cccc(C(F)(F)F)c1. The average Bonchev–Trinajstić information content (AvgIpc) is 2.61. The second-order valence-corrected chi connectivity index (χ2v) is 4.93. The molecule has 0 aliphatic heterocycles. The smallest absolute Gasteiger partial charge is 0.416 e. The number of alkyl halides is 3. The average molecular weight is 331 g/mol. The number of nitrogens with zero attached hydrogens (tertiary/aromatic N) is 3. The van der Waals surface area contributed by atoms with Gasteiger partial charge in [0, 0.05) is 23.5 Å². The zero-order chi connectivity index (χ0) is 17.2. The molecule has 0 unspecified atom stereocenters. The Morgan fingerprint density at radius 1 is 1.00 bits per heavy atom. The van der Waals surface area contributed by atoms with Gasteiger partial charge in [-0.3, -0.25) is 4.98 Å². The second kappa shape index (κ2) is 6.27. The number of aromatic nitrogens is 3. The number of methoxy groups -OCH3 is 1. The Balaban J connectivity index is 2.13. The Morgan fingerprint density at radius 2 is 1.75 bits per heavy atom. The largest absolute Gasteiger partial charge is 0.493 e. The van der Waals surface area contributed by atoms with Crippen molar-refractivity contribution in [3.8, 4) is 28.4 Å². The van der Waals surface area contributed by atoms with Gasteiger partial charge in [0.05, 0.1) is 18.9 Å². The number of rotatable bonds is 3. The van der Waals surface area contributed by atoms with E-state index in [4.69, 9.17) is 4.74 Å². The fourth-order valence-electron chi connectivity index (χ4n) is 2.21. The van der Waals surface area contributed by atoms with Crippen LogP contribution in [-0.4, -0.2) is 22.1 Å². The molecule has 2 heterocycles. The van der Waals surface area contributed by atoms with Gasteiger partial charge in [0.1, 0.15) is 5.69 Å². The molecule has 0 saturated carbocycles.